The second kappa shape index (κ2) is 4.86. The summed E-state index contributed by atoms with van der Waals surface area (Å²) >= 11 is 0. The van der Waals surface area contributed by atoms with Gasteiger partial charge in [-0.2, -0.15) is 0 Å². The summed E-state index contributed by atoms with van der Waals surface area (Å²) in [7, 11) is 0. The summed E-state index contributed by atoms with van der Waals surface area (Å²) in [6, 6.07) is 14.4. The van der Waals surface area contributed by atoms with Gasteiger partial charge >= 0.3 is 0 Å². The van der Waals surface area contributed by atoms with Gasteiger partial charge in [-0.05, 0) is 36.4 Å². The van der Waals surface area contributed by atoms with E-state index in [-0.39, 0.29) is 11.7 Å². The molecule has 0 radical (unpaired) electrons. The number of anilines is 1. The fraction of sp³-hybridized carbons (Fsp3) is 0. The van der Waals surface area contributed by atoms with Gasteiger partial charge in [0.1, 0.15) is 5.76 Å². The number of rotatable bonds is 3. The van der Waals surface area contributed by atoms with Gasteiger partial charge in [-0.25, -0.2) is 0 Å². The summed E-state index contributed by atoms with van der Waals surface area (Å²) in [4.78, 5) is 11.8. The summed E-state index contributed by atoms with van der Waals surface area (Å²) in [6.07, 6.45) is 3.08. The van der Waals surface area contributed by atoms with Gasteiger partial charge in [0.25, 0.3) is 5.91 Å². The molecule has 4 heteroatoms. The summed E-state index contributed by atoms with van der Waals surface area (Å²) in [5, 5.41) is 2.77. The highest BCUT2D eigenvalue weighted by molar-refractivity contribution is 6.02. The smallest absolute Gasteiger partial charge is 0.291 e. The van der Waals surface area contributed by atoms with Gasteiger partial charge in [-0.3, -0.25) is 4.79 Å². The topological polar surface area (TPSA) is 55.4 Å². The number of nitrogens with one attached hydrogen (secondary N) is 1. The van der Waals surface area contributed by atoms with Crippen LogP contribution in [-0.2, 0) is 0 Å². The van der Waals surface area contributed by atoms with E-state index in [1.54, 1.807) is 18.4 Å². The van der Waals surface area contributed by atoms with Crippen molar-refractivity contribution < 1.29 is 13.6 Å². The molecular weight excluding hydrogens is 242 g/mol. The number of hydrogen-bond donors (Lipinski definition) is 1. The van der Waals surface area contributed by atoms with Crippen LogP contribution in [0.1, 0.15) is 10.6 Å². The molecule has 0 unspecified atom stereocenters. The fourth-order valence-electron chi connectivity index (χ4n) is 1.79. The lowest BCUT2D eigenvalue weighted by molar-refractivity contribution is 0.0996. The maximum Gasteiger partial charge on any atom is 0.291 e. The van der Waals surface area contributed by atoms with Crippen molar-refractivity contribution in [2.75, 3.05) is 5.32 Å². The molecule has 0 saturated heterocycles. The van der Waals surface area contributed by atoms with Crippen LogP contribution in [0.3, 0.4) is 0 Å². The second-order valence-electron chi connectivity index (χ2n) is 3.99. The van der Waals surface area contributed by atoms with Crippen LogP contribution in [0.25, 0.3) is 11.3 Å². The number of carbonyl (C=O) groups is 1. The quantitative estimate of drug-likeness (QED) is 0.772. The molecule has 0 aliphatic heterocycles. The predicted molar refractivity (Wildman–Crippen MR) is 70.8 cm³/mol. The minimum atomic E-state index is -0.276. The van der Waals surface area contributed by atoms with E-state index in [9.17, 15) is 4.79 Å². The summed E-state index contributed by atoms with van der Waals surface area (Å²) in [6.45, 7) is 0. The maximum atomic E-state index is 11.8. The Balaban J connectivity index is 1.82. The number of furan rings is 2. The Morgan fingerprint density at radius 1 is 0.947 bits per heavy atom. The van der Waals surface area contributed by atoms with Crippen LogP contribution in [0.4, 0.5) is 5.69 Å². The number of amides is 1. The van der Waals surface area contributed by atoms with E-state index < -0.39 is 0 Å². The summed E-state index contributed by atoms with van der Waals surface area (Å²) in [5.41, 5.74) is 1.59. The Bertz CT molecular complexity index is 669. The average Bonchev–Trinajstić information content (AvgIpc) is 3.13. The lowest BCUT2D eigenvalue weighted by atomic mass is 10.1. The van der Waals surface area contributed by atoms with Crippen molar-refractivity contribution in [3.63, 3.8) is 0 Å². The van der Waals surface area contributed by atoms with Crippen LogP contribution in [0.2, 0.25) is 0 Å². The molecule has 3 rings (SSSR count). The third kappa shape index (κ3) is 2.42. The zero-order valence-corrected chi connectivity index (χ0v) is 10.00. The normalized spacial score (nSPS) is 10.3. The maximum absolute atomic E-state index is 11.8. The predicted octanol–water partition coefficient (Wildman–Crippen LogP) is 3.79. The van der Waals surface area contributed by atoms with Crippen LogP contribution in [0, 0.1) is 0 Å². The molecule has 2 aromatic heterocycles. The zero-order chi connectivity index (χ0) is 13.1. The van der Waals surface area contributed by atoms with Gasteiger partial charge in [-0.15, -0.1) is 0 Å². The molecule has 0 atom stereocenters. The highest BCUT2D eigenvalue weighted by Crippen LogP contribution is 2.23. The molecule has 1 N–H and O–H groups in total. The van der Waals surface area contributed by atoms with Crippen molar-refractivity contribution in [1.82, 2.24) is 0 Å². The molecular formula is C15H11NO3. The first kappa shape index (κ1) is 11.3. The van der Waals surface area contributed by atoms with Crippen molar-refractivity contribution in [3.8, 4) is 11.3 Å². The molecule has 0 aliphatic rings. The molecule has 2 heterocycles. The standard InChI is InChI=1S/C15H11NO3/c17-15(14-7-3-9-19-14)16-12-5-1-4-11(10-12)13-6-2-8-18-13/h1-10H,(H,16,17). The molecule has 0 aliphatic carbocycles. The fourth-order valence-corrected chi connectivity index (χ4v) is 1.79. The van der Waals surface area contributed by atoms with Crippen LogP contribution in [0.5, 0.6) is 0 Å². The third-order valence-electron chi connectivity index (χ3n) is 2.67. The van der Waals surface area contributed by atoms with Gasteiger partial charge in [0.05, 0.1) is 12.5 Å². The van der Waals surface area contributed by atoms with Gasteiger partial charge in [-0.1, -0.05) is 12.1 Å². The Hall–Kier alpha value is -2.75. The van der Waals surface area contributed by atoms with Crippen LogP contribution in [0.15, 0.2) is 69.9 Å². The molecule has 94 valence electrons. The van der Waals surface area contributed by atoms with E-state index in [0.29, 0.717) is 5.69 Å². The molecule has 0 saturated carbocycles. The first-order valence-corrected chi connectivity index (χ1v) is 5.82. The minimum absolute atomic E-state index is 0.276. The van der Waals surface area contributed by atoms with Crippen LogP contribution in [-0.4, -0.2) is 5.91 Å². The lowest BCUT2D eigenvalue weighted by Gasteiger charge is -2.04. The van der Waals surface area contributed by atoms with E-state index in [1.165, 1.54) is 6.26 Å². The average molecular weight is 253 g/mol. The van der Waals surface area contributed by atoms with E-state index >= 15 is 0 Å². The second-order valence-corrected chi connectivity index (χ2v) is 3.99. The van der Waals surface area contributed by atoms with Crippen molar-refractivity contribution in [1.29, 1.82) is 0 Å². The first-order chi connectivity index (χ1) is 9.33. The van der Waals surface area contributed by atoms with E-state index in [0.717, 1.165) is 11.3 Å². The largest absolute Gasteiger partial charge is 0.464 e. The van der Waals surface area contributed by atoms with Crippen molar-refractivity contribution in [3.05, 3.63) is 66.8 Å². The zero-order valence-electron chi connectivity index (χ0n) is 10.00. The monoisotopic (exact) mass is 253 g/mol. The summed E-state index contributed by atoms with van der Waals surface area (Å²) in [5.74, 6) is 0.763. The van der Waals surface area contributed by atoms with E-state index in [1.807, 2.05) is 36.4 Å². The molecule has 19 heavy (non-hydrogen) atoms. The number of carbonyl (C=O) groups excluding carboxylic acids is 1. The molecule has 4 nitrogen and oxygen atoms in total. The van der Waals surface area contributed by atoms with Gasteiger partial charge in [0.2, 0.25) is 0 Å². The van der Waals surface area contributed by atoms with Crippen molar-refractivity contribution in [2.24, 2.45) is 0 Å². The number of hydrogen-bond acceptors (Lipinski definition) is 3. The van der Waals surface area contributed by atoms with Gasteiger partial charge < -0.3 is 14.2 Å². The van der Waals surface area contributed by atoms with Crippen molar-refractivity contribution >= 4 is 11.6 Å². The van der Waals surface area contributed by atoms with Gasteiger partial charge in [0, 0.05) is 11.3 Å². The Morgan fingerprint density at radius 3 is 2.53 bits per heavy atom. The van der Waals surface area contributed by atoms with Crippen molar-refractivity contribution in [2.45, 2.75) is 0 Å². The highest BCUT2D eigenvalue weighted by Gasteiger charge is 2.09. The first-order valence-electron chi connectivity index (χ1n) is 5.82. The van der Waals surface area contributed by atoms with Gasteiger partial charge in [0.15, 0.2) is 5.76 Å². The number of benzene rings is 1. The van der Waals surface area contributed by atoms with Crippen LogP contribution < -0.4 is 5.32 Å². The highest BCUT2D eigenvalue weighted by atomic mass is 16.3. The van der Waals surface area contributed by atoms with E-state index in [4.69, 9.17) is 8.83 Å². The molecule has 0 bridgehead atoms. The SMILES string of the molecule is O=C(Nc1cccc(-c2ccco2)c1)c1ccco1. The molecule has 0 fully saturated rings. The Labute approximate surface area is 109 Å². The molecule has 1 aromatic carbocycles. The molecule has 1 amide bonds. The molecule has 0 spiro atoms. The Kier molecular flexibility index (Phi) is 2.90. The van der Waals surface area contributed by atoms with E-state index in [2.05, 4.69) is 5.32 Å². The van der Waals surface area contributed by atoms with Crippen LogP contribution >= 0.6 is 0 Å². The summed E-state index contributed by atoms with van der Waals surface area (Å²) < 4.78 is 10.4. The Morgan fingerprint density at radius 2 is 1.79 bits per heavy atom. The third-order valence-corrected chi connectivity index (χ3v) is 2.67. The minimum Gasteiger partial charge on any atom is -0.464 e. The lowest BCUT2D eigenvalue weighted by Crippen LogP contribution is -2.10. The molecule has 3 aromatic rings.